The summed E-state index contributed by atoms with van der Waals surface area (Å²) in [5, 5.41) is 0. The third-order valence-electron chi connectivity index (χ3n) is 2.44. The van der Waals surface area contributed by atoms with E-state index in [0.717, 1.165) is 17.2 Å². The molecule has 104 valence electrons. The van der Waals surface area contributed by atoms with Gasteiger partial charge in [-0.15, -0.1) is 0 Å². The summed E-state index contributed by atoms with van der Waals surface area (Å²) in [4.78, 5) is 22.0. The number of ether oxygens (including phenoxy) is 2. The van der Waals surface area contributed by atoms with Crippen molar-refractivity contribution in [2.24, 2.45) is 0 Å². The molecular weight excluding hydrogens is 312 g/mol. The first-order chi connectivity index (χ1) is 9.17. The molecule has 0 aliphatic carbocycles. The van der Waals surface area contributed by atoms with E-state index in [1.165, 1.54) is 0 Å². The Labute approximate surface area is 121 Å². The molecule has 19 heavy (non-hydrogen) atoms. The van der Waals surface area contributed by atoms with Gasteiger partial charge >= 0.3 is 5.97 Å². The minimum absolute atomic E-state index is 0.181. The van der Waals surface area contributed by atoms with Gasteiger partial charge in [0, 0.05) is 10.9 Å². The second kappa shape index (κ2) is 8.69. The molecule has 4 nitrogen and oxygen atoms in total. The fourth-order valence-corrected chi connectivity index (χ4v) is 1.91. The monoisotopic (exact) mass is 328 g/mol. The number of esters is 1. The first kappa shape index (κ1) is 15.7. The summed E-state index contributed by atoms with van der Waals surface area (Å²) >= 11 is 3.29. The molecule has 0 aliphatic heterocycles. The zero-order valence-corrected chi connectivity index (χ0v) is 12.4. The maximum absolute atomic E-state index is 11.1. The third kappa shape index (κ3) is 5.87. The third-order valence-corrected chi connectivity index (χ3v) is 2.93. The lowest BCUT2D eigenvalue weighted by Crippen LogP contribution is -2.05. The molecule has 5 heteroatoms. The molecule has 0 aliphatic rings. The molecule has 0 heterocycles. The van der Waals surface area contributed by atoms with Crippen molar-refractivity contribution in [2.45, 2.75) is 26.2 Å². The van der Waals surface area contributed by atoms with Crippen LogP contribution in [0.3, 0.4) is 0 Å². The van der Waals surface area contributed by atoms with Gasteiger partial charge in [0.15, 0.2) is 6.29 Å². The van der Waals surface area contributed by atoms with Gasteiger partial charge in [0.2, 0.25) is 0 Å². The lowest BCUT2D eigenvalue weighted by Gasteiger charge is -2.08. The van der Waals surface area contributed by atoms with Crippen LogP contribution in [0.2, 0.25) is 0 Å². The summed E-state index contributed by atoms with van der Waals surface area (Å²) in [6.45, 7) is 2.67. The van der Waals surface area contributed by atoms with E-state index >= 15 is 0 Å². The molecule has 0 saturated heterocycles. The highest BCUT2D eigenvalue weighted by Crippen LogP contribution is 2.21. The zero-order chi connectivity index (χ0) is 14.1. The number of carbonyl (C=O) groups excluding carboxylic acids is 2. The summed E-state index contributed by atoms with van der Waals surface area (Å²) in [6, 6.07) is 5.28. The Morgan fingerprint density at radius 1 is 1.37 bits per heavy atom. The molecule has 0 radical (unpaired) electrons. The summed E-state index contributed by atoms with van der Waals surface area (Å²) in [5.41, 5.74) is 0.514. The van der Waals surface area contributed by atoms with Crippen molar-refractivity contribution in [3.8, 4) is 5.75 Å². The Hall–Kier alpha value is -1.36. The van der Waals surface area contributed by atoms with Crippen molar-refractivity contribution in [1.29, 1.82) is 0 Å². The fraction of sp³-hybridized carbons (Fsp3) is 0.429. The maximum Gasteiger partial charge on any atom is 0.305 e. The molecule has 0 aromatic heterocycles. The number of rotatable bonds is 8. The molecule has 1 aromatic rings. The van der Waals surface area contributed by atoms with E-state index in [4.69, 9.17) is 9.47 Å². The highest BCUT2D eigenvalue weighted by atomic mass is 79.9. The standard InChI is InChI=1S/C14H17BrO4/c1-2-18-14(17)5-3-4-8-19-13-7-6-12(15)9-11(13)10-16/h6-7,9-10H,2-5,8H2,1H3. The Bertz CT molecular complexity index is 431. The maximum atomic E-state index is 11.1. The van der Waals surface area contributed by atoms with Crippen LogP contribution in [0.15, 0.2) is 22.7 Å². The van der Waals surface area contributed by atoms with Gasteiger partial charge in [-0.05, 0) is 38.0 Å². The normalized spacial score (nSPS) is 10.0. The summed E-state index contributed by atoms with van der Waals surface area (Å²) < 4.78 is 11.2. The minimum Gasteiger partial charge on any atom is -0.493 e. The summed E-state index contributed by atoms with van der Waals surface area (Å²) in [5.74, 6) is 0.383. The molecule has 0 saturated carbocycles. The van der Waals surface area contributed by atoms with E-state index < -0.39 is 0 Å². The highest BCUT2D eigenvalue weighted by Gasteiger charge is 2.04. The smallest absolute Gasteiger partial charge is 0.305 e. The van der Waals surface area contributed by atoms with Gasteiger partial charge in [-0.3, -0.25) is 9.59 Å². The topological polar surface area (TPSA) is 52.6 Å². The van der Waals surface area contributed by atoms with E-state index in [-0.39, 0.29) is 5.97 Å². The van der Waals surface area contributed by atoms with Crippen molar-refractivity contribution in [1.82, 2.24) is 0 Å². The molecule has 0 amide bonds. The van der Waals surface area contributed by atoms with Crippen molar-refractivity contribution in [2.75, 3.05) is 13.2 Å². The Morgan fingerprint density at radius 2 is 2.16 bits per heavy atom. The van der Waals surface area contributed by atoms with Crippen LogP contribution in [0.1, 0.15) is 36.5 Å². The van der Waals surface area contributed by atoms with Crippen molar-refractivity contribution in [3.63, 3.8) is 0 Å². The second-order valence-corrected chi connectivity index (χ2v) is 4.83. The van der Waals surface area contributed by atoms with Crippen molar-refractivity contribution in [3.05, 3.63) is 28.2 Å². The average molecular weight is 329 g/mol. The van der Waals surface area contributed by atoms with Crippen LogP contribution in [-0.2, 0) is 9.53 Å². The van der Waals surface area contributed by atoms with E-state index in [9.17, 15) is 9.59 Å². The number of hydrogen-bond donors (Lipinski definition) is 0. The zero-order valence-electron chi connectivity index (χ0n) is 10.9. The van der Waals surface area contributed by atoms with Crippen molar-refractivity contribution < 1.29 is 19.1 Å². The predicted octanol–water partition coefficient (Wildman–Crippen LogP) is 3.37. The van der Waals surface area contributed by atoms with Gasteiger partial charge < -0.3 is 9.47 Å². The summed E-state index contributed by atoms with van der Waals surface area (Å²) in [6.07, 6.45) is 2.62. The van der Waals surface area contributed by atoms with Gasteiger partial charge in [-0.2, -0.15) is 0 Å². The van der Waals surface area contributed by atoms with E-state index in [1.54, 1.807) is 19.1 Å². The predicted molar refractivity (Wildman–Crippen MR) is 75.5 cm³/mol. The van der Waals surface area contributed by atoms with Crippen LogP contribution in [-0.4, -0.2) is 25.5 Å². The lowest BCUT2D eigenvalue weighted by atomic mass is 10.2. The number of carbonyl (C=O) groups is 2. The van der Waals surface area contributed by atoms with Crippen LogP contribution in [0.25, 0.3) is 0 Å². The van der Waals surface area contributed by atoms with Gasteiger partial charge in [-0.25, -0.2) is 0 Å². The number of hydrogen-bond acceptors (Lipinski definition) is 4. The van der Waals surface area contributed by atoms with E-state index in [0.29, 0.717) is 37.4 Å². The molecule has 1 rings (SSSR count). The molecule has 1 aromatic carbocycles. The van der Waals surface area contributed by atoms with E-state index in [1.807, 2.05) is 6.07 Å². The largest absolute Gasteiger partial charge is 0.493 e. The number of aldehydes is 1. The molecule has 0 unspecified atom stereocenters. The van der Waals surface area contributed by atoms with Crippen LogP contribution in [0.4, 0.5) is 0 Å². The minimum atomic E-state index is -0.181. The van der Waals surface area contributed by atoms with Gasteiger partial charge in [0.25, 0.3) is 0 Å². The first-order valence-corrected chi connectivity index (χ1v) is 6.99. The Morgan fingerprint density at radius 3 is 2.84 bits per heavy atom. The highest BCUT2D eigenvalue weighted by molar-refractivity contribution is 9.10. The Balaban J connectivity index is 2.30. The average Bonchev–Trinajstić information content (AvgIpc) is 2.40. The number of benzene rings is 1. The fourth-order valence-electron chi connectivity index (χ4n) is 1.53. The van der Waals surface area contributed by atoms with Gasteiger partial charge in [0.05, 0.1) is 18.8 Å². The molecule has 0 N–H and O–H groups in total. The molecular formula is C14H17BrO4. The van der Waals surface area contributed by atoms with Gasteiger partial charge in [-0.1, -0.05) is 15.9 Å². The molecule has 0 fully saturated rings. The van der Waals surface area contributed by atoms with Crippen LogP contribution in [0, 0.1) is 0 Å². The second-order valence-electron chi connectivity index (χ2n) is 3.91. The van der Waals surface area contributed by atoms with Crippen molar-refractivity contribution >= 4 is 28.2 Å². The molecule has 0 atom stereocenters. The quantitative estimate of drug-likeness (QED) is 0.417. The first-order valence-electron chi connectivity index (χ1n) is 6.20. The van der Waals surface area contributed by atoms with Crippen LogP contribution < -0.4 is 4.74 Å². The van der Waals surface area contributed by atoms with Crippen LogP contribution >= 0.6 is 15.9 Å². The Kier molecular flexibility index (Phi) is 7.18. The molecule has 0 spiro atoms. The van der Waals surface area contributed by atoms with E-state index in [2.05, 4.69) is 15.9 Å². The SMILES string of the molecule is CCOC(=O)CCCCOc1ccc(Br)cc1C=O. The lowest BCUT2D eigenvalue weighted by molar-refractivity contribution is -0.143. The number of halogens is 1. The summed E-state index contributed by atoms with van der Waals surface area (Å²) in [7, 11) is 0. The molecule has 0 bridgehead atoms. The van der Waals surface area contributed by atoms with Gasteiger partial charge in [0.1, 0.15) is 5.75 Å². The number of unbranched alkanes of at least 4 members (excludes halogenated alkanes) is 1. The van der Waals surface area contributed by atoms with Crippen LogP contribution in [0.5, 0.6) is 5.75 Å².